The Morgan fingerprint density at radius 2 is 2.08 bits per heavy atom. The van der Waals surface area contributed by atoms with Gasteiger partial charge in [-0.3, -0.25) is 14.5 Å². The molecule has 1 aliphatic carbocycles. The first-order chi connectivity index (χ1) is 12.6. The van der Waals surface area contributed by atoms with E-state index in [9.17, 15) is 9.59 Å². The highest BCUT2D eigenvalue weighted by Gasteiger charge is 2.21. The standard InChI is InChI=1S/C22H24N2O2/c1-15-4-3-11-24(15)14-16-5-2-6-18(12-16)22(26)23-19-8-9-20-17(13-19)7-10-21(20)25/h2,5-6,8-9,12-13,15H,3-4,7,10-11,14H2,1H3,(H,23,26)/t15-/m0/s1. The maximum Gasteiger partial charge on any atom is 0.255 e. The minimum atomic E-state index is -0.106. The Balaban J connectivity index is 1.46. The summed E-state index contributed by atoms with van der Waals surface area (Å²) in [5.74, 6) is 0.0901. The molecule has 1 heterocycles. The molecule has 1 saturated heterocycles. The first-order valence-electron chi connectivity index (χ1n) is 9.40. The van der Waals surface area contributed by atoms with Gasteiger partial charge in [0.2, 0.25) is 0 Å². The van der Waals surface area contributed by atoms with Gasteiger partial charge in [-0.1, -0.05) is 12.1 Å². The average Bonchev–Trinajstić information content (AvgIpc) is 3.21. The number of aryl methyl sites for hydroxylation is 1. The Hall–Kier alpha value is -2.46. The number of rotatable bonds is 4. The first kappa shape index (κ1) is 17.0. The van der Waals surface area contributed by atoms with Crippen LogP contribution in [0.4, 0.5) is 5.69 Å². The van der Waals surface area contributed by atoms with Crippen LogP contribution in [0, 0.1) is 0 Å². The molecule has 2 aromatic rings. The van der Waals surface area contributed by atoms with E-state index in [0.29, 0.717) is 18.0 Å². The van der Waals surface area contributed by atoms with Crippen LogP contribution in [0.3, 0.4) is 0 Å². The van der Waals surface area contributed by atoms with Crippen molar-refractivity contribution in [3.05, 3.63) is 64.7 Å². The first-order valence-corrected chi connectivity index (χ1v) is 9.40. The van der Waals surface area contributed by atoms with Gasteiger partial charge in [0.05, 0.1) is 0 Å². The molecule has 0 aromatic heterocycles. The van der Waals surface area contributed by atoms with Crippen LogP contribution in [0.5, 0.6) is 0 Å². The molecular weight excluding hydrogens is 324 g/mol. The number of fused-ring (bicyclic) bond motifs is 1. The molecule has 1 atom stereocenters. The molecule has 1 fully saturated rings. The number of carbonyl (C=O) groups excluding carboxylic acids is 2. The number of amides is 1. The Labute approximate surface area is 154 Å². The normalized spacial score (nSPS) is 19.6. The van der Waals surface area contributed by atoms with E-state index in [2.05, 4.69) is 23.2 Å². The summed E-state index contributed by atoms with van der Waals surface area (Å²) in [4.78, 5) is 26.8. The summed E-state index contributed by atoms with van der Waals surface area (Å²) in [7, 11) is 0. The van der Waals surface area contributed by atoms with Gasteiger partial charge in [0, 0.05) is 35.8 Å². The van der Waals surface area contributed by atoms with Gasteiger partial charge in [-0.2, -0.15) is 0 Å². The molecular formula is C22H24N2O2. The van der Waals surface area contributed by atoms with E-state index in [1.54, 1.807) is 0 Å². The quantitative estimate of drug-likeness (QED) is 0.907. The molecule has 2 aromatic carbocycles. The van der Waals surface area contributed by atoms with Gasteiger partial charge in [-0.05, 0) is 74.2 Å². The van der Waals surface area contributed by atoms with Crippen LogP contribution < -0.4 is 5.32 Å². The highest BCUT2D eigenvalue weighted by Crippen LogP contribution is 2.25. The van der Waals surface area contributed by atoms with Gasteiger partial charge < -0.3 is 5.32 Å². The van der Waals surface area contributed by atoms with Crippen LogP contribution in [0.1, 0.15) is 58.0 Å². The molecule has 0 spiro atoms. The van der Waals surface area contributed by atoms with E-state index in [0.717, 1.165) is 36.3 Å². The molecule has 1 aliphatic heterocycles. The van der Waals surface area contributed by atoms with Crippen molar-refractivity contribution < 1.29 is 9.59 Å². The molecule has 0 bridgehead atoms. The van der Waals surface area contributed by atoms with Crippen LogP contribution in [0.15, 0.2) is 42.5 Å². The summed E-state index contributed by atoms with van der Waals surface area (Å²) in [5.41, 5.74) is 4.42. The Kier molecular flexibility index (Phi) is 4.60. The second-order valence-electron chi connectivity index (χ2n) is 7.41. The van der Waals surface area contributed by atoms with Crippen LogP contribution in [-0.2, 0) is 13.0 Å². The minimum Gasteiger partial charge on any atom is -0.322 e. The molecule has 4 nitrogen and oxygen atoms in total. The summed E-state index contributed by atoms with van der Waals surface area (Å²) < 4.78 is 0. The van der Waals surface area contributed by atoms with E-state index in [1.807, 2.05) is 36.4 Å². The second-order valence-corrected chi connectivity index (χ2v) is 7.41. The molecule has 0 unspecified atom stereocenters. The number of hydrogen-bond donors (Lipinski definition) is 1. The highest BCUT2D eigenvalue weighted by molar-refractivity contribution is 6.05. The van der Waals surface area contributed by atoms with Gasteiger partial charge in [-0.15, -0.1) is 0 Å². The topological polar surface area (TPSA) is 49.4 Å². The lowest BCUT2D eigenvalue weighted by Crippen LogP contribution is -2.26. The van der Waals surface area contributed by atoms with Crippen molar-refractivity contribution in [2.45, 2.75) is 45.2 Å². The van der Waals surface area contributed by atoms with Crippen molar-refractivity contribution >= 4 is 17.4 Å². The molecule has 4 heteroatoms. The number of benzene rings is 2. The lowest BCUT2D eigenvalue weighted by atomic mass is 10.1. The minimum absolute atomic E-state index is 0.106. The molecule has 26 heavy (non-hydrogen) atoms. The summed E-state index contributed by atoms with van der Waals surface area (Å²) in [5, 5.41) is 2.97. The summed E-state index contributed by atoms with van der Waals surface area (Å²) in [6.45, 7) is 4.29. The molecule has 4 rings (SSSR count). The number of Topliss-reactive ketones (excluding diaryl/α,β-unsaturated/α-hetero) is 1. The lowest BCUT2D eigenvalue weighted by Gasteiger charge is -2.21. The van der Waals surface area contributed by atoms with Crippen molar-refractivity contribution in [2.24, 2.45) is 0 Å². The zero-order chi connectivity index (χ0) is 18.1. The predicted octanol–water partition coefficient (Wildman–Crippen LogP) is 4.05. The number of nitrogens with one attached hydrogen (secondary N) is 1. The number of nitrogens with zero attached hydrogens (tertiary/aromatic N) is 1. The lowest BCUT2D eigenvalue weighted by molar-refractivity contribution is 0.0992. The molecule has 1 N–H and O–H groups in total. The SMILES string of the molecule is C[C@H]1CCCN1Cc1cccc(C(=O)Nc2ccc3c(c2)CCC3=O)c1. The van der Waals surface area contributed by atoms with E-state index < -0.39 is 0 Å². The Bertz CT molecular complexity index is 859. The number of hydrogen-bond acceptors (Lipinski definition) is 3. The van der Waals surface area contributed by atoms with Gasteiger partial charge >= 0.3 is 0 Å². The fraction of sp³-hybridized carbons (Fsp3) is 0.364. The monoisotopic (exact) mass is 348 g/mol. The van der Waals surface area contributed by atoms with Crippen LogP contribution in [0.25, 0.3) is 0 Å². The molecule has 0 saturated carbocycles. The molecule has 2 aliphatic rings. The zero-order valence-corrected chi connectivity index (χ0v) is 15.1. The summed E-state index contributed by atoms with van der Waals surface area (Å²) in [6, 6.07) is 14.0. The van der Waals surface area contributed by atoms with E-state index in [4.69, 9.17) is 0 Å². The third kappa shape index (κ3) is 3.42. The van der Waals surface area contributed by atoms with Gasteiger partial charge in [0.15, 0.2) is 5.78 Å². The maximum atomic E-state index is 12.6. The Morgan fingerprint density at radius 3 is 2.88 bits per heavy atom. The molecule has 1 amide bonds. The average molecular weight is 348 g/mol. The van der Waals surface area contributed by atoms with E-state index in [-0.39, 0.29) is 11.7 Å². The number of anilines is 1. The number of likely N-dealkylation sites (tertiary alicyclic amines) is 1. The molecule has 134 valence electrons. The Morgan fingerprint density at radius 1 is 1.19 bits per heavy atom. The number of ketones is 1. The largest absolute Gasteiger partial charge is 0.322 e. The third-order valence-corrected chi connectivity index (χ3v) is 5.55. The van der Waals surface area contributed by atoms with Gasteiger partial charge in [0.1, 0.15) is 0 Å². The molecule has 0 radical (unpaired) electrons. The van der Waals surface area contributed by atoms with Crippen molar-refractivity contribution in [2.75, 3.05) is 11.9 Å². The smallest absolute Gasteiger partial charge is 0.255 e. The second kappa shape index (κ2) is 7.04. The van der Waals surface area contributed by atoms with Crippen LogP contribution in [-0.4, -0.2) is 29.2 Å². The van der Waals surface area contributed by atoms with Crippen molar-refractivity contribution in [1.82, 2.24) is 4.90 Å². The fourth-order valence-corrected chi connectivity index (χ4v) is 4.01. The summed E-state index contributed by atoms with van der Waals surface area (Å²) in [6.07, 6.45) is 3.84. The zero-order valence-electron chi connectivity index (χ0n) is 15.1. The number of carbonyl (C=O) groups is 2. The van der Waals surface area contributed by atoms with Gasteiger partial charge in [0.25, 0.3) is 5.91 Å². The summed E-state index contributed by atoms with van der Waals surface area (Å²) >= 11 is 0. The fourth-order valence-electron chi connectivity index (χ4n) is 4.01. The van der Waals surface area contributed by atoms with E-state index >= 15 is 0 Å². The van der Waals surface area contributed by atoms with E-state index in [1.165, 1.54) is 18.4 Å². The predicted molar refractivity (Wildman–Crippen MR) is 103 cm³/mol. The van der Waals surface area contributed by atoms with Crippen molar-refractivity contribution in [3.8, 4) is 0 Å². The third-order valence-electron chi connectivity index (χ3n) is 5.55. The van der Waals surface area contributed by atoms with Crippen molar-refractivity contribution in [3.63, 3.8) is 0 Å². The maximum absolute atomic E-state index is 12.6. The highest BCUT2D eigenvalue weighted by atomic mass is 16.1. The van der Waals surface area contributed by atoms with Crippen LogP contribution in [0.2, 0.25) is 0 Å². The van der Waals surface area contributed by atoms with Crippen LogP contribution >= 0.6 is 0 Å². The van der Waals surface area contributed by atoms with Crippen molar-refractivity contribution in [1.29, 1.82) is 0 Å². The van der Waals surface area contributed by atoms with Gasteiger partial charge in [-0.25, -0.2) is 0 Å².